The van der Waals surface area contributed by atoms with Crippen LogP contribution in [0.4, 0.5) is 0 Å². The van der Waals surface area contributed by atoms with E-state index in [0.717, 1.165) is 22.6 Å². The molecule has 0 atom stereocenters. The maximum absolute atomic E-state index is 12.3. The molecule has 0 aliphatic carbocycles. The van der Waals surface area contributed by atoms with Crippen molar-refractivity contribution >= 4 is 23.2 Å². The van der Waals surface area contributed by atoms with Crippen LogP contribution in [-0.2, 0) is 6.54 Å². The lowest BCUT2D eigenvalue weighted by molar-refractivity contribution is 0.0701. The highest BCUT2D eigenvalue weighted by molar-refractivity contribution is 7.15. The number of carbonyl (C=O) groups excluding carboxylic acids is 1. The molecule has 2 aromatic rings. The van der Waals surface area contributed by atoms with Gasteiger partial charge in [-0.15, -0.1) is 11.3 Å². The lowest BCUT2D eigenvalue weighted by Gasteiger charge is -2.16. The average molecular weight is 305 g/mol. The summed E-state index contributed by atoms with van der Waals surface area (Å²) in [6.07, 6.45) is 0. The fourth-order valence-electron chi connectivity index (χ4n) is 1.87. The number of hydrogen-bond donors (Lipinski definition) is 1. The van der Waals surface area contributed by atoms with Crippen molar-refractivity contribution in [3.63, 3.8) is 0 Å². The van der Waals surface area contributed by atoms with Crippen LogP contribution in [0.15, 0.2) is 36.4 Å². The normalized spacial score (nSPS) is 10.2. The summed E-state index contributed by atoms with van der Waals surface area (Å²) in [7, 11) is 3.27. The predicted octanol–water partition coefficient (Wildman–Crippen LogP) is 2.73. The van der Waals surface area contributed by atoms with Gasteiger partial charge in [-0.2, -0.15) is 0 Å². The molecular formula is C15H15NO4S. The third-order valence-corrected chi connectivity index (χ3v) is 3.99. The maximum atomic E-state index is 12.3. The first-order valence-corrected chi connectivity index (χ1v) is 7.04. The minimum absolute atomic E-state index is 0.160. The number of nitrogens with zero attached hydrogens (tertiary/aromatic N) is 1. The Balaban J connectivity index is 2.09. The molecule has 1 heterocycles. The molecule has 21 heavy (non-hydrogen) atoms. The second-order valence-electron chi connectivity index (χ2n) is 4.48. The highest BCUT2D eigenvalue weighted by Crippen LogP contribution is 2.20. The molecule has 110 valence electrons. The molecule has 0 aliphatic heterocycles. The number of carboxylic acids is 1. The van der Waals surface area contributed by atoms with Gasteiger partial charge >= 0.3 is 5.97 Å². The SMILES string of the molecule is COc1cccc(CN(C)C(=O)c2ccc(C(=O)O)s2)c1. The summed E-state index contributed by atoms with van der Waals surface area (Å²) in [4.78, 5) is 25.2. The van der Waals surface area contributed by atoms with Crippen molar-refractivity contribution in [3.8, 4) is 5.75 Å². The maximum Gasteiger partial charge on any atom is 0.345 e. The number of rotatable bonds is 5. The van der Waals surface area contributed by atoms with Crippen LogP contribution in [0.2, 0.25) is 0 Å². The monoisotopic (exact) mass is 305 g/mol. The number of hydrogen-bond acceptors (Lipinski definition) is 4. The molecule has 0 saturated heterocycles. The van der Waals surface area contributed by atoms with Crippen LogP contribution in [0, 0.1) is 0 Å². The highest BCUT2D eigenvalue weighted by atomic mass is 32.1. The summed E-state index contributed by atoms with van der Waals surface area (Å²) in [6.45, 7) is 0.427. The van der Waals surface area contributed by atoms with E-state index in [0.29, 0.717) is 11.4 Å². The second kappa shape index (κ2) is 6.41. The Kier molecular flexibility index (Phi) is 4.59. The van der Waals surface area contributed by atoms with Crippen LogP contribution >= 0.6 is 11.3 Å². The fraction of sp³-hybridized carbons (Fsp3) is 0.200. The van der Waals surface area contributed by atoms with E-state index in [2.05, 4.69) is 0 Å². The Bertz CT molecular complexity index is 665. The van der Waals surface area contributed by atoms with Crippen molar-refractivity contribution in [3.05, 3.63) is 51.7 Å². The molecule has 1 aromatic heterocycles. The van der Waals surface area contributed by atoms with E-state index in [9.17, 15) is 9.59 Å². The van der Waals surface area contributed by atoms with Crippen LogP contribution < -0.4 is 4.74 Å². The van der Waals surface area contributed by atoms with Crippen LogP contribution in [0.3, 0.4) is 0 Å². The van der Waals surface area contributed by atoms with Crippen LogP contribution in [0.5, 0.6) is 5.75 Å². The van der Waals surface area contributed by atoms with Gasteiger partial charge in [0.1, 0.15) is 10.6 Å². The Morgan fingerprint density at radius 2 is 1.95 bits per heavy atom. The van der Waals surface area contributed by atoms with Gasteiger partial charge in [0.05, 0.1) is 12.0 Å². The van der Waals surface area contributed by atoms with Crippen LogP contribution in [-0.4, -0.2) is 36.0 Å². The molecule has 5 nitrogen and oxygen atoms in total. The number of thiophene rings is 1. The first kappa shape index (κ1) is 15.1. The summed E-state index contributed by atoms with van der Waals surface area (Å²) in [6, 6.07) is 10.5. The molecule has 0 spiro atoms. The Morgan fingerprint density at radius 3 is 2.57 bits per heavy atom. The Morgan fingerprint density at radius 1 is 1.24 bits per heavy atom. The number of ether oxygens (including phenoxy) is 1. The molecule has 0 radical (unpaired) electrons. The zero-order valence-corrected chi connectivity index (χ0v) is 12.5. The van der Waals surface area contributed by atoms with Crippen molar-refractivity contribution < 1.29 is 19.4 Å². The second-order valence-corrected chi connectivity index (χ2v) is 5.57. The van der Waals surface area contributed by atoms with Crippen molar-refractivity contribution in [1.82, 2.24) is 4.90 Å². The molecule has 0 aliphatic rings. The van der Waals surface area contributed by atoms with E-state index in [1.54, 1.807) is 25.1 Å². The van der Waals surface area contributed by atoms with E-state index in [1.165, 1.54) is 6.07 Å². The highest BCUT2D eigenvalue weighted by Gasteiger charge is 2.16. The van der Waals surface area contributed by atoms with Gasteiger partial charge in [0, 0.05) is 13.6 Å². The molecule has 1 aromatic carbocycles. The molecule has 6 heteroatoms. The van der Waals surface area contributed by atoms with Crippen molar-refractivity contribution in [2.75, 3.05) is 14.2 Å². The molecule has 0 saturated carbocycles. The number of amides is 1. The molecular weight excluding hydrogens is 290 g/mol. The van der Waals surface area contributed by atoms with Crippen LogP contribution in [0.25, 0.3) is 0 Å². The van der Waals surface area contributed by atoms with Gasteiger partial charge in [-0.05, 0) is 29.8 Å². The lowest BCUT2D eigenvalue weighted by atomic mass is 10.2. The van der Waals surface area contributed by atoms with Crippen molar-refractivity contribution in [1.29, 1.82) is 0 Å². The smallest absolute Gasteiger partial charge is 0.345 e. The van der Waals surface area contributed by atoms with E-state index >= 15 is 0 Å². The summed E-state index contributed by atoms with van der Waals surface area (Å²) < 4.78 is 5.14. The fourth-order valence-corrected chi connectivity index (χ4v) is 2.71. The predicted molar refractivity (Wildman–Crippen MR) is 80.1 cm³/mol. The largest absolute Gasteiger partial charge is 0.497 e. The molecule has 0 fully saturated rings. The Labute approximate surface area is 126 Å². The third-order valence-electron chi connectivity index (χ3n) is 2.93. The van der Waals surface area contributed by atoms with Crippen molar-refractivity contribution in [2.24, 2.45) is 0 Å². The zero-order chi connectivity index (χ0) is 15.4. The van der Waals surface area contributed by atoms with Gasteiger partial charge in [-0.25, -0.2) is 4.79 Å². The van der Waals surface area contributed by atoms with Gasteiger partial charge < -0.3 is 14.7 Å². The first-order valence-electron chi connectivity index (χ1n) is 6.23. The third kappa shape index (κ3) is 3.61. The number of methoxy groups -OCH3 is 1. The molecule has 2 rings (SSSR count). The van der Waals surface area contributed by atoms with Gasteiger partial charge in [-0.1, -0.05) is 12.1 Å². The summed E-state index contributed by atoms with van der Waals surface area (Å²) in [5, 5.41) is 8.88. The molecule has 1 N–H and O–H groups in total. The molecule has 0 bridgehead atoms. The minimum Gasteiger partial charge on any atom is -0.497 e. The summed E-state index contributed by atoms with van der Waals surface area (Å²) >= 11 is 0.980. The quantitative estimate of drug-likeness (QED) is 0.922. The van der Waals surface area contributed by atoms with E-state index < -0.39 is 5.97 Å². The van der Waals surface area contributed by atoms with Gasteiger partial charge in [0.15, 0.2) is 0 Å². The molecule has 1 amide bonds. The Hall–Kier alpha value is -2.34. The minimum atomic E-state index is -1.02. The lowest BCUT2D eigenvalue weighted by Crippen LogP contribution is -2.25. The number of benzene rings is 1. The summed E-state index contributed by atoms with van der Waals surface area (Å²) in [5.41, 5.74) is 0.945. The van der Waals surface area contributed by atoms with Gasteiger partial charge in [0.25, 0.3) is 5.91 Å². The number of aromatic carboxylic acids is 1. The molecule has 0 unspecified atom stereocenters. The number of carbonyl (C=O) groups is 2. The van der Waals surface area contributed by atoms with Crippen molar-refractivity contribution in [2.45, 2.75) is 6.54 Å². The standard InChI is InChI=1S/C15H15NO4S/c1-16(9-10-4-3-5-11(8-10)20-2)14(17)12-6-7-13(21-12)15(18)19/h3-8H,9H2,1-2H3,(H,18,19). The zero-order valence-electron chi connectivity index (χ0n) is 11.7. The number of carboxylic acid groups (broad SMARTS) is 1. The summed E-state index contributed by atoms with van der Waals surface area (Å²) in [5.74, 6) is -0.484. The average Bonchev–Trinajstić information content (AvgIpc) is 2.96. The van der Waals surface area contributed by atoms with E-state index in [-0.39, 0.29) is 10.8 Å². The van der Waals surface area contributed by atoms with E-state index in [4.69, 9.17) is 9.84 Å². The van der Waals surface area contributed by atoms with Gasteiger partial charge in [0.2, 0.25) is 0 Å². The first-order chi connectivity index (χ1) is 10.0. The topological polar surface area (TPSA) is 66.8 Å². The van der Waals surface area contributed by atoms with Crippen LogP contribution in [0.1, 0.15) is 24.9 Å². The van der Waals surface area contributed by atoms with E-state index in [1.807, 2.05) is 24.3 Å². The van der Waals surface area contributed by atoms with Gasteiger partial charge in [-0.3, -0.25) is 4.79 Å².